The maximum Gasteiger partial charge on any atom is 0.250 e. The molecule has 25 heavy (non-hydrogen) atoms. The summed E-state index contributed by atoms with van der Waals surface area (Å²) in [6.07, 6.45) is -0.117. The van der Waals surface area contributed by atoms with Gasteiger partial charge in [0, 0.05) is 5.92 Å². The van der Waals surface area contributed by atoms with E-state index in [-0.39, 0.29) is 23.2 Å². The minimum atomic E-state index is -1.83. The smallest absolute Gasteiger partial charge is 0.250 e. The normalized spacial score (nSPS) is 31.8. The van der Waals surface area contributed by atoms with Gasteiger partial charge in [-0.25, -0.2) is 0 Å². The van der Waals surface area contributed by atoms with E-state index in [1.54, 1.807) is 0 Å². The maximum atomic E-state index is 10.3. The first-order chi connectivity index (χ1) is 11.4. The second-order valence-corrected chi connectivity index (χ2v) is 14.1. The zero-order chi connectivity index (χ0) is 18.6. The number of fused-ring (bicyclic) bond motifs is 1. The van der Waals surface area contributed by atoms with Gasteiger partial charge in [0.2, 0.25) is 8.32 Å². The molecule has 0 amide bonds. The van der Waals surface area contributed by atoms with Crippen LogP contribution in [0.4, 0.5) is 0 Å². The van der Waals surface area contributed by atoms with Crippen molar-refractivity contribution >= 4 is 8.32 Å². The molecule has 1 saturated carbocycles. The molecule has 4 atom stereocenters. The van der Waals surface area contributed by atoms with Crippen LogP contribution >= 0.6 is 0 Å². The van der Waals surface area contributed by atoms with Crippen molar-refractivity contribution in [3.63, 3.8) is 0 Å². The lowest BCUT2D eigenvalue weighted by molar-refractivity contribution is -0.163. The number of ether oxygens (including phenoxy) is 2. The molecule has 1 aliphatic heterocycles. The SMILES string of the molecule is CC1(C)O[C@@H]2[C@H](O1)[C@@H](c1ccc(O[Si](C)(C)C(C)(C)C)cc1)C[C@@H]2O. The van der Waals surface area contributed by atoms with Crippen molar-refractivity contribution in [1.29, 1.82) is 0 Å². The number of aliphatic hydroxyl groups is 1. The molecule has 2 fully saturated rings. The Morgan fingerprint density at radius 2 is 1.64 bits per heavy atom. The summed E-state index contributed by atoms with van der Waals surface area (Å²) in [5.74, 6) is 0.457. The van der Waals surface area contributed by atoms with E-state index in [1.807, 2.05) is 13.8 Å². The molecular weight excluding hydrogens is 332 g/mol. The van der Waals surface area contributed by atoms with Gasteiger partial charge in [0.15, 0.2) is 5.79 Å². The fourth-order valence-electron chi connectivity index (χ4n) is 3.51. The second kappa shape index (κ2) is 6.08. The Balaban J connectivity index is 1.75. The molecule has 1 N–H and O–H groups in total. The van der Waals surface area contributed by atoms with Crippen LogP contribution in [0.3, 0.4) is 0 Å². The Kier molecular flexibility index (Phi) is 4.60. The summed E-state index contributed by atoms with van der Waals surface area (Å²) in [6, 6.07) is 8.32. The molecule has 1 heterocycles. The van der Waals surface area contributed by atoms with Gasteiger partial charge in [-0.3, -0.25) is 0 Å². The Hall–Kier alpha value is -0.883. The van der Waals surface area contributed by atoms with Crippen LogP contribution < -0.4 is 4.43 Å². The average molecular weight is 365 g/mol. The van der Waals surface area contributed by atoms with Crippen molar-refractivity contribution in [1.82, 2.24) is 0 Å². The predicted octanol–water partition coefficient (Wildman–Crippen LogP) is 4.44. The summed E-state index contributed by atoms with van der Waals surface area (Å²) in [6.45, 7) is 15.1. The average Bonchev–Trinajstić information content (AvgIpc) is 2.93. The van der Waals surface area contributed by atoms with E-state index in [4.69, 9.17) is 13.9 Å². The van der Waals surface area contributed by atoms with Gasteiger partial charge >= 0.3 is 0 Å². The molecular formula is C20H32O4Si. The van der Waals surface area contributed by atoms with Gasteiger partial charge in [0.1, 0.15) is 11.9 Å². The summed E-state index contributed by atoms with van der Waals surface area (Å²) in [5, 5.41) is 10.5. The molecule has 0 spiro atoms. The highest BCUT2D eigenvalue weighted by atomic mass is 28.4. The minimum absolute atomic E-state index is 0.0860. The summed E-state index contributed by atoms with van der Waals surface area (Å²) in [5.41, 5.74) is 1.18. The van der Waals surface area contributed by atoms with E-state index in [9.17, 15) is 5.11 Å². The lowest BCUT2D eigenvalue weighted by atomic mass is 9.95. The van der Waals surface area contributed by atoms with Crippen molar-refractivity contribution in [2.45, 2.75) is 89.2 Å². The summed E-state index contributed by atoms with van der Waals surface area (Å²) >= 11 is 0. The van der Waals surface area contributed by atoms with Crippen LogP contribution in [0, 0.1) is 0 Å². The van der Waals surface area contributed by atoms with Gasteiger partial charge in [-0.15, -0.1) is 0 Å². The summed E-state index contributed by atoms with van der Waals surface area (Å²) in [4.78, 5) is 0. The van der Waals surface area contributed by atoms with Crippen molar-refractivity contribution in [2.75, 3.05) is 0 Å². The molecule has 1 aromatic rings. The first-order valence-corrected chi connectivity index (χ1v) is 12.1. The molecule has 0 bridgehead atoms. The van der Waals surface area contributed by atoms with Crippen LogP contribution in [0.15, 0.2) is 24.3 Å². The highest BCUT2D eigenvalue weighted by molar-refractivity contribution is 6.74. The minimum Gasteiger partial charge on any atom is -0.544 e. The largest absolute Gasteiger partial charge is 0.544 e. The highest BCUT2D eigenvalue weighted by Gasteiger charge is 2.53. The summed E-state index contributed by atoms with van der Waals surface area (Å²) < 4.78 is 18.3. The first kappa shape index (κ1) is 18.9. The molecule has 0 unspecified atom stereocenters. The van der Waals surface area contributed by atoms with Crippen LogP contribution in [0.1, 0.15) is 52.5 Å². The molecule has 4 nitrogen and oxygen atoms in total. The van der Waals surface area contributed by atoms with Crippen molar-refractivity contribution in [3.05, 3.63) is 29.8 Å². The number of rotatable bonds is 3. The molecule has 1 saturated heterocycles. The molecule has 5 heteroatoms. The van der Waals surface area contributed by atoms with E-state index in [0.29, 0.717) is 6.42 Å². The number of aliphatic hydroxyl groups excluding tert-OH is 1. The molecule has 1 aliphatic carbocycles. The lowest BCUT2D eigenvalue weighted by Gasteiger charge is -2.36. The Bertz CT molecular complexity index is 618. The standard InChI is InChI=1S/C20H32O4Si/c1-19(2,3)25(6,7)24-14-10-8-13(9-11-14)15-12-16(21)18-17(15)22-20(4,5)23-18/h8-11,15-18,21H,12H2,1-7H3/t15-,16+,17-,18+/m1/s1. The highest BCUT2D eigenvalue weighted by Crippen LogP contribution is 2.46. The Labute approximate surface area is 152 Å². The number of hydrogen-bond donors (Lipinski definition) is 1. The second-order valence-electron chi connectivity index (χ2n) is 9.41. The van der Waals surface area contributed by atoms with Crippen LogP contribution in [-0.2, 0) is 9.47 Å². The molecule has 3 rings (SSSR count). The topological polar surface area (TPSA) is 47.9 Å². The van der Waals surface area contributed by atoms with E-state index in [1.165, 1.54) is 5.56 Å². The zero-order valence-electron chi connectivity index (χ0n) is 16.5. The molecule has 140 valence electrons. The Morgan fingerprint density at radius 1 is 1.08 bits per heavy atom. The Morgan fingerprint density at radius 3 is 2.20 bits per heavy atom. The van der Waals surface area contributed by atoms with Crippen molar-refractivity contribution in [3.8, 4) is 5.75 Å². The van der Waals surface area contributed by atoms with E-state index >= 15 is 0 Å². The third-order valence-electron chi connectivity index (χ3n) is 5.92. The zero-order valence-corrected chi connectivity index (χ0v) is 17.5. The molecule has 1 aromatic carbocycles. The third-order valence-corrected chi connectivity index (χ3v) is 10.3. The molecule has 0 aromatic heterocycles. The van der Waals surface area contributed by atoms with Gasteiger partial charge in [-0.1, -0.05) is 32.9 Å². The van der Waals surface area contributed by atoms with Crippen molar-refractivity contribution < 1.29 is 19.0 Å². The number of hydrogen-bond acceptors (Lipinski definition) is 4. The maximum absolute atomic E-state index is 10.3. The van der Waals surface area contributed by atoms with Gasteiger partial charge < -0.3 is 19.0 Å². The third kappa shape index (κ3) is 3.65. The van der Waals surface area contributed by atoms with Crippen LogP contribution in [0.2, 0.25) is 18.1 Å². The van der Waals surface area contributed by atoms with Gasteiger partial charge in [-0.05, 0) is 56.1 Å². The predicted molar refractivity (Wildman–Crippen MR) is 101 cm³/mol. The van der Waals surface area contributed by atoms with Gasteiger partial charge in [0.05, 0.1) is 12.2 Å². The van der Waals surface area contributed by atoms with Crippen molar-refractivity contribution in [2.24, 2.45) is 0 Å². The number of benzene rings is 1. The van der Waals surface area contributed by atoms with Gasteiger partial charge in [0.25, 0.3) is 0 Å². The first-order valence-electron chi connectivity index (χ1n) is 9.22. The van der Waals surface area contributed by atoms with Crippen LogP contribution in [-0.4, -0.2) is 37.5 Å². The van der Waals surface area contributed by atoms with E-state index < -0.39 is 20.2 Å². The fourth-order valence-corrected chi connectivity index (χ4v) is 4.54. The van der Waals surface area contributed by atoms with E-state index in [0.717, 1.165) is 5.75 Å². The summed E-state index contributed by atoms with van der Waals surface area (Å²) in [7, 11) is -1.83. The lowest BCUT2D eigenvalue weighted by Crippen LogP contribution is -2.43. The van der Waals surface area contributed by atoms with E-state index in [2.05, 4.69) is 58.1 Å². The molecule has 0 radical (unpaired) electrons. The molecule has 2 aliphatic rings. The monoisotopic (exact) mass is 364 g/mol. The quantitative estimate of drug-likeness (QED) is 0.806. The van der Waals surface area contributed by atoms with Gasteiger partial charge in [-0.2, -0.15) is 0 Å². The fraction of sp³-hybridized carbons (Fsp3) is 0.700. The van der Waals surface area contributed by atoms with Crippen LogP contribution in [0.5, 0.6) is 5.75 Å². The van der Waals surface area contributed by atoms with Crippen LogP contribution in [0.25, 0.3) is 0 Å².